The van der Waals surface area contributed by atoms with Crippen molar-refractivity contribution in [1.82, 2.24) is 10.1 Å². The van der Waals surface area contributed by atoms with Crippen molar-refractivity contribution >= 4 is 5.97 Å². The fourth-order valence-corrected chi connectivity index (χ4v) is 1.90. The van der Waals surface area contributed by atoms with E-state index in [-0.39, 0.29) is 5.56 Å². The Morgan fingerprint density at radius 1 is 1.37 bits per heavy atom. The van der Waals surface area contributed by atoms with E-state index >= 15 is 0 Å². The number of nitrogens with zero attached hydrogens (tertiary/aromatic N) is 2. The van der Waals surface area contributed by atoms with Gasteiger partial charge in [-0.1, -0.05) is 25.9 Å². The van der Waals surface area contributed by atoms with Crippen LogP contribution in [0.5, 0.6) is 0 Å². The molecule has 2 rings (SSSR count). The molecule has 2 heterocycles. The Bertz CT molecular complexity index is 624. The van der Waals surface area contributed by atoms with E-state index in [1.54, 1.807) is 12.4 Å². The van der Waals surface area contributed by atoms with Crippen molar-refractivity contribution in [2.75, 3.05) is 0 Å². The maximum atomic E-state index is 11.5. The lowest BCUT2D eigenvalue weighted by Gasteiger charge is -2.14. The molecule has 0 saturated carbocycles. The highest BCUT2D eigenvalue weighted by atomic mass is 16.5. The van der Waals surface area contributed by atoms with Crippen LogP contribution in [0.4, 0.5) is 0 Å². The SMILES string of the molecule is Cc1ccncc1-c1noc(C(C)(C)C)c1C(=O)O. The molecule has 0 bridgehead atoms. The first-order valence-corrected chi connectivity index (χ1v) is 5.97. The average Bonchev–Trinajstić information content (AvgIpc) is 2.73. The summed E-state index contributed by atoms with van der Waals surface area (Å²) in [5.74, 6) is -0.664. The Labute approximate surface area is 111 Å². The first kappa shape index (κ1) is 13.3. The van der Waals surface area contributed by atoms with Crippen molar-refractivity contribution in [2.45, 2.75) is 33.1 Å². The summed E-state index contributed by atoms with van der Waals surface area (Å²) in [7, 11) is 0. The number of carboxylic acid groups (broad SMARTS) is 1. The number of hydrogen-bond acceptors (Lipinski definition) is 4. The van der Waals surface area contributed by atoms with Crippen LogP contribution in [0, 0.1) is 6.92 Å². The number of pyridine rings is 1. The minimum Gasteiger partial charge on any atom is -0.477 e. The molecule has 0 saturated heterocycles. The lowest BCUT2D eigenvalue weighted by molar-refractivity contribution is 0.0693. The monoisotopic (exact) mass is 260 g/mol. The van der Waals surface area contributed by atoms with E-state index in [4.69, 9.17) is 4.52 Å². The highest BCUT2D eigenvalue weighted by molar-refractivity contribution is 5.96. The molecule has 0 unspecified atom stereocenters. The number of carbonyl (C=O) groups is 1. The number of aromatic carboxylic acids is 1. The Kier molecular flexibility index (Phi) is 3.14. The summed E-state index contributed by atoms with van der Waals surface area (Å²) < 4.78 is 5.27. The molecule has 2 aromatic heterocycles. The molecule has 0 aliphatic heterocycles. The van der Waals surface area contributed by atoms with E-state index in [1.807, 2.05) is 33.8 Å². The standard InChI is InChI=1S/C14H16N2O3/c1-8-5-6-15-7-9(8)11-10(13(17)18)12(19-16-11)14(2,3)4/h5-7H,1-4H3,(H,17,18). The molecule has 0 radical (unpaired) electrons. The molecule has 0 amide bonds. The third kappa shape index (κ3) is 2.36. The number of aromatic nitrogens is 2. The van der Waals surface area contributed by atoms with Gasteiger partial charge >= 0.3 is 5.97 Å². The predicted molar refractivity (Wildman–Crippen MR) is 70.1 cm³/mol. The summed E-state index contributed by atoms with van der Waals surface area (Å²) in [5.41, 5.74) is 1.62. The van der Waals surface area contributed by atoms with Gasteiger partial charge in [0.05, 0.1) is 0 Å². The highest BCUT2D eigenvalue weighted by Gasteiger charge is 2.31. The normalized spacial score (nSPS) is 11.6. The van der Waals surface area contributed by atoms with E-state index in [0.717, 1.165) is 5.56 Å². The van der Waals surface area contributed by atoms with E-state index in [2.05, 4.69) is 10.1 Å². The van der Waals surface area contributed by atoms with Gasteiger partial charge in [0, 0.05) is 23.4 Å². The fourth-order valence-electron chi connectivity index (χ4n) is 1.90. The van der Waals surface area contributed by atoms with Gasteiger partial charge in [-0.2, -0.15) is 0 Å². The second-order valence-corrected chi connectivity index (χ2v) is 5.48. The lowest BCUT2D eigenvalue weighted by atomic mass is 9.88. The Morgan fingerprint density at radius 2 is 2.05 bits per heavy atom. The second kappa shape index (κ2) is 4.50. The van der Waals surface area contributed by atoms with Crippen LogP contribution in [0.15, 0.2) is 23.0 Å². The quantitative estimate of drug-likeness (QED) is 0.898. The van der Waals surface area contributed by atoms with E-state index in [0.29, 0.717) is 17.0 Å². The van der Waals surface area contributed by atoms with Crippen molar-refractivity contribution in [3.8, 4) is 11.3 Å². The van der Waals surface area contributed by atoms with Crippen LogP contribution < -0.4 is 0 Å². The average molecular weight is 260 g/mol. The molecular formula is C14H16N2O3. The van der Waals surface area contributed by atoms with Gasteiger partial charge in [0.1, 0.15) is 11.3 Å². The van der Waals surface area contributed by atoms with Crippen LogP contribution in [0.2, 0.25) is 0 Å². The summed E-state index contributed by atoms with van der Waals surface area (Å²) in [4.78, 5) is 15.5. The summed E-state index contributed by atoms with van der Waals surface area (Å²) >= 11 is 0. The zero-order valence-electron chi connectivity index (χ0n) is 11.4. The van der Waals surface area contributed by atoms with Crippen molar-refractivity contribution in [1.29, 1.82) is 0 Å². The van der Waals surface area contributed by atoms with Gasteiger partial charge in [0.25, 0.3) is 0 Å². The molecule has 0 spiro atoms. The molecular weight excluding hydrogens is 244 g/mol. The summed E-state index contributed by atoms with van der Waals surface area (Å²) in [6.45, 7) is 7.55. The number of rotatable bonds is 2. The van der Waals surface area contributed by atoms with Gasteiger partial charge in [0.2, 0.25) is 0 Å². The Morgan fingerprint density at radius 3 is 2.58 bits per heavy atom. The minimum atomic E-state index is -1.04. The predicted octanol–water partition coefficient (Wildman–Crippen LogP) is 3.04. The highest BCUT2D eigenvalue weighted by Crippen LogP contribution is 2.33. The van der Waals surface area contributed by atoms with Gasteiger partial charge in [-0.3, -0.25) is 4.98 Å². The first-order chi connectivity index (χ1) is 8.82. The van der Waals surface area contributed by atoms with Gasteiger partial charge < -0.3 is 9.63 Å². The second-order valence-electron chi connectivity index (χ2n) is 5.48. The smallest absolute Gasteiger partial charge is 0.341 e. The van der Waals surface area contributed by atoms with E-state index in [9.17, 15) is 9.90 Å². The van der Waals surface area contributed by atoms with Crippen LogP contribution in [0.1, 0.15) is 42.5 Å². The van der Waals surface area contributed by atoms with Crippen LogP contribution in [0.25, 0.3) is 11.3 Å². The zero-order chi connectivity index (χ0) is 14.2. The molecule has 100 valence electrons. The van der Waals surface area contributed by atoms with Crippen molar-refractivity contribution in [3.05, 3.63) is 35.3 Å². The van der Waals surface area contributed by atoms with Gasteiger partial charge in [-0.25, -0.2) is 4.79 Å². The van der Waals surface area contributed by atoms with Crippen LogP contribution in [0.3, 0.4) is 0 Å². The largest absolute Gasteiger partial charge is 0.477 e. The molecule has 0 aliphatic carbocycles. The van der Waals surface area contributed by atoms with Gasteiger partial charge in [-0.15, -0.1) is 0 Å². The fraction of sp³-hybridized carbons (Fsp3) is 0.357. The number of hydrogen-bond donors (Lipinski definition) is 1. The number of aryl methyl sites for hydroxylation is 1. The topological polar surface area (TPSA) is 76.2 Å². The van der Waals surface area contributed by atoms with Crippen molar-refractivity contribution < 1.29 is 14.4 Å². The third-order valence-corrected chi connectivity index (χ3v) is 2.88. The zero-order valence-corrected chi connectivity index (χ0v) is 11.4. The van der Waals surface area contributed by atoms with Gasteiger partial charge in [0.15, 0.2) is 5.76 Å². The maximum absolute atomic E-state index is 11.5. The van der Waals surface area contributed by atoms with Crippen LogP contribution in [-0.4, -0.2) is 21.2 Å². The molecule has 5 heteroatoms. The Balaban J connectivity index is 2.70. The molecule has 0 aromatic carbocycles. The lowest BCUT2D eigenvalue weighted by Crippen LogP contribution is -2.15. The molecule has 5 nitrogen and oxygen atoms in total. The molecule has 1 N–H and O–H groups in total. The third-order valence-electron chi connectivity index (χ3n) is 2.88. The summed E-state index contributed by atoms with van der Waals surface area (Å²) in [6.07, 6.45) is 3.26. The Hall–Kier alpha value is -2.17. The van der Waals surface area contributed by atoms with Crippen LogP contribution >= 0.6 is 0 Å². The van der Waals surface area contributed by atoms with Crippen molar-refractivity contribution in [3.63, 3.8) is 0 Å². The minimum absolute atomic E-state index is 0.114. The molecule has 0 aliphatic rings. The molecule has 0 fully saturated rings. The van der Waals surface area contributed by atoms with Crippen LogP contribution in [-0.2, 0) is 5.41 Å². The molecule has 2 aromatic rings. The van der Waals surface area contributed by atoms with E-state index < -0.39 is 11.4 Å². The van der Waals surface area contributed by atoms with E-state index in [1.165, 1.54) is 0 Å². The number of carboxylic acids is 1. The van der Waals surface area contributed by atoms with Gasteiger partial charge in [-0.05, 0) is 18.6 Å². The summed E-state index contributed by atoms with van der Waals surface area (Å²) in [5, 5.41) is 13.4. The molecule has 0 atom stereocenters. The maximum Gasteiger partial charge on any atom is 0.341 e. The first-order valence-electron chi connectivity index (χ1n) is 5.97. The molecule has 19 heavy (non-hydrogen) atoms. The summed E-state index contributed by atoms with van der Waals surface area (Å²) in [6, 6.07) is 1.81. The van der Waals surface area contributed by atoms with Crippen molar-refractivity contribution in [2.24, 2.45) is 0 Å².